The van der Waals surface area contributed by atoms with Crippen LogP contribution in [0.4, 0.5) is 0 Å². The highest BCUT2D eigenvalue weighted by molar-refractivity contribution is 7.13. The van der Waals surface area contributed by atoms with Gasteiger partial charge in [0.25, 0.3) is 11.8 Å². The van der Waals surface area contributed by atoms with Gasteiger partial charge >= 0.3 is 0 Å². The van der Waals surface area contributed by atoms with Gasteiger partial charge in [0.05, 0.1) is 10.7 Å². The molecule has 0 radical (unpaired) electrons. The molecule has 2 aromatic heterocycles. The van der Waals surface area contributed by atoms with Crippen LogP contribution in [0.1, 0.15) is 51.6 Å². The molecule has 2 amide bonds. The van der Waals surface area contributed by atoms with Gasteiger partial charge in [-0.3, -0.25) is 9.59 Å². The van der Waals surface area contributed by atoms with Crippen LogP contribution in [0.3, 0.4) is 0 Å². The third-order valence-electron chi connectivity index (χ3n) is 5.30. The number of amides is 2. The summed E-state index contributed by atoms with van der Waals surface area (Å²) in [7, 11) is 0. The van der Waals surface area contributed by atoms with Crippen molar-refractivity contribution in [3.63, 3.8) is 0 Å². The molecule has 138 valence electrons. The maximum Gasteiger partial charge on any atom is 0.270 e. The largest absolute Gasteiger partial charge is 0.342 e. The van der Waals surface area contributed by atoms with Crippen LogP contribution in [-0.2, 0) is 19.4 Å². The Bertz CT molecular complexity index is 854. The number of carbonyl (C=O) groups excluding carboxylic acids is 2. The van der Waals surface area contributed by atoms with Gasteiger partial charge < -0.3 is 14.4 Å². The summed E-state index contributed by atoms with van der Waals surface area (Å²) in [6.07, 6.45) is 3.47. The fourth-order valence-corrected chi connectivity index (χ4v) is 5.01. The van der Waals surface area contributed by atoms with Gasteiger partial charge in [-0.05, 0) is 32.9 Å². The number of carbonyl (C=O) groups is 2. The fraction of sp³-hybridized carbons (Fsp3) is 0.526. The Hall–Kier alpha value is -2.15. The number of nitrogens with zero attached hydrogens (tertiary/aromatic N) is 4. The van der Waals surface area contributed by atoms with E-state index in [4.69, 9.17) is 4.98 Å². The van der Waals surface area contributed by atoms with Crippen molar-refractivity contribution >= 4 is 23.2 Å². The molecule has 7 heteroatoms. The normalized spacial score (nSPS) is 18.3. The van der Waals surface area contributed by atoms with E-state index in [9.17, 15) is 9.59 Å². The number of hydrogen-bond donors (Lipinski definition) is 0. The first-order valence-corrected chi connectivity index (χ1v) is 10.0. The Balaban J connectivity index is 1.50. The van der Waals surface area contributed by atoms with Crippen LogP contribution in [0.15, 0.2) is 18.3 Å². The van der Waals surface area contributed by atoms with Gasteiger partial charge in [-0.1, -0.05) is 0 Å². The quantitative estimate of drug-likeness (QED) is 0.828. The van der Waals surface area contributed by atoms with E-state index in [1.54, 1.807) is 0 Å². The third kappa shape index (κ3) is 2.84. The van der Waals surface area contributed by atoms with Crippen molar-refractivity contribution in [2.24, 2.45) is 0 Å². The van der Waals surface area contributed by atoms with Crippen LogP contribution < -0.4 is 0 Å². The molecule has 4 heterocycles. The summed E-state index contributed by atoms with van der Waals surface area (Å²) < 4.78 is 2.01. The lowest BCUT2D eigenvalue weighted by Gasteiger charge is -2.33. The topological polar surface area (TPSA) is 58.4 Å². The monoisotopic (exact) mass is 372 g/mol. The lowest BCUT2D eigenvalue weighted by Crippen LogP contribution is -2.45. The summed E-state index contributed by atoms with van der Waals surface area (Å²) in [4.78, 5) is 34.7. The van der Waals surface area contributed by atoms with Crippen molar-refractivity contribution in [3.05, 3.63) is 39.6 Å². The summed E-state index contributed by atoms with van der Waals surface area (Å²) in [5, 5.41) is 0.954. The van der Waals surface area contributed by atoms with Gasteiger partial charge in [0.1, 0.15) is 10.6 Å². The van der Waals surface area contributed by atoms with Crippen molar-refractivity contribution in [2.45, 2.75) is 52.2 Å². The Labute approximate surface area is 157 Å². The summed E-state index contributed by atoms with van der Waals surface area (Å²) in [6.45, 7) is 8.44. The van der Waals surface area contributed by atoms with Crippen LogP contribution in [0.2, 0.25) is 0 Å². The summed E-state index contributed by atoms with van der Waals surface area (Å²) in [5.41, 5.74) is 1.68. The molecular weight excluding hydrogens is 348 g/mol. The summed E-state index contributed by atoms with van der Waals surface area (Å²) >= 11 is 1.50. The smallest absolute Gasteiger partial charge is 0.270 e. The van der Waals surface area contributed by atoms with Crippen LogP contribution in [0.5, 0.6) is 0 Å². The van der Waals surface area contributed by atoms with Gasteiger partial charge in [0, 0.05) is 50.8 Å². The second kappa shape index (κ2) is 6.54. The summed E-state index contributed by atoms with van der Waals surface area (Å²) in [6, 6.07) is 4.07. The van der Waals surface area contributed by atoms with E-state index < -0.39 is 0 Å². The van der Waals surface area contributed by atoms with Crippen molar-refractivity contribution in [3.8, 4) is 0 Å². The number of rotatable bonds is 4. The fourth-order valence-electron chi connectivity index (χ4n) is 3.83. The molecule has 2 aliphatic heterocycles. The van der Waals surface area contributed by atoms with Gasteiger partial charge in [-0.15, -0.1) is 11.3 Å². The molecule has 26 heavy (non-hydrogen) atoms. The molecule has 0 saturated carbocycles. The number of fused-ring (bicyclic) bond motifs is 2. The SMILES string of the molecule is CC(C)N1CCc2nc(CC(C)N3CCn4cccc4C3=O)sc2C1=O. The van der Waals surface area contributed by atoms with Crippen molar-refractivity contribution in [2.75, 3.05) is 13.1 Å². The van der Waals surface area contributed by atoms with Crippen LogP contribution >= 0.6 is 11.3 Å². The van der Waals surface area contributed by atoms with E-state index in [-0.39, 0.29) is 23.9 Å². The minimum absolute atomic E-state index is 0.0649. The average Bonchev–Trinajstić information content (AvgIpc) is 3.22. The first-order chi connectivity index (χ1) is 12.5. The molecule has 2 aromatic rings. The second-order valence-electron chi connectivity index (χ2n) is 7.36. The van der Waals surface area contributed by atoms with Crippen molar-refractivity contribution < 1.29 is 9.59 Å². The Morgan fingerprint density at radius 1 is 1.12 bits per heavy atom. The summed E-state index contributed by atoms with van der Waals surface area (Å²) in [5.74, 6) is 0.182. The number of hydrogen-bond acceptors (Lipinski definition) is 4. The Kier molecular flexibility index (Phi) is 4.34. The predicted molar refractivity (Wildman–Crippen MR) is 101 cm³/mol. The minimum atomic E-state index is 0.0649. The van der Waals surface area contributed by atoms with E-state index in [0.29, 0.717) is 13.0 Å². The zero-order chi connectivity index (χ0) is 18.4. The lowest BCUT2D eigenvalue weighted by molar-refractivity contribution is 0.0633. The predicted octanol–water partition coefficient (Wildman–Crippen LogP) is 2.44. The third-order valence-corrected chi connectivity index (χ3v) is 6.41. The average molecular weight is 372 g/mol. The number of thiazole rings is 1. The van der Waals surface area contributed by atoms with E-state index in [0.717, 1.165) is 40.8 Å². The molecule has 0 saturated heterocycles. The van der Waals surface area contributed by atoms with Gasteiger partial charge in [0.2, 0.25) is 0 Å². The lowest BCUT2D eigenvalue weighted by atomic mass is 10.1. The van der Waals surface area contributed by atoms with Crippen molar-refractivity contribution in [1.82, 2.24) is 19.4 Å². The zero-order valence-corrected chi connectivity index (χ0v) is 16.3. The van der Waals surface area contributed by atoms with E-state index >= 15 is 0 Å². The minimum Gasteiger partial charge on any atom is -0.342 e. The molecule has 6 nitrogen and oxygen atoms in total. The second-order valence-corrected chi connectivity index (χ2v) is 8.45. The van der Waals surface area contributed by atoms with Gasteiger partial charge in [-0.2, -0.15) is 0 Å². The van der Waals surface area contributed by atoms with Crippen LogP contribution in [0.25, 0.3) is 0 Å². The molecule has 2 aliphatic rings. The molecule has 1 unspecified atom stereocenters. The number of aromatic nitrogens is 2. The highest BCUT2D eigenvalue weighted by atomic mass is 32.1. The van der Waals surface area contributed by atoms with Crippen molar-refractivity contribution in [1.29, 1.82) is 0 Å². The van der Waals surface area contributed by atoms with Crippen LogP contribution in [-0.4, -0.2) is 56.3 Å². The van der Waals surface area contributed by atoms with Gasteiger partial charge in [0.15, 0.2) is 0 Å². The zero-order valence-electron chi connectivity index (χ0n) is 15.4. The van der Waals surface area contributed by atoms with Gasteiger partial charge in [-0.25, -0.2) is 4.98 Å². The molecule has 0 bridgehead atoms. The molecule has 0 aromatic carbocycles. The first-order valence-electron chi connectivity index (χ1n) is 9.21. The highest BCUT2D eigenvalue weighted by Gasteiger charge is 2.32. The molecule has 4 rings (SSSR count). The van der Waals surface area contributed by atoms with E-state index in [2.05, 4.69) is 6.92 Å². The van der Waals surface area contributed by atoms with E-state index in [1.165, 1.54) is 11.3 Å². The molecule has 0 aliphatic carbocycles. The molecule has 1 atom stereocenters. The molecule has 0 N–H and O–H groups in total. The first kappa shape index (κ1) is 17.3. The maximum absolute atomic E-state index is 12.7. The standard InChI is InChI=1S/C19H24N4O2S/c1-12(2)22-8-6-14-17(19(22)25)26-16(20-14)11-13(3)23-10-9-21-7-4-5-15(21)18(23)24/h4-5,7,12-13H,6,8-11H2,1-3H3. The molecule has 0 spiro atoms. The molecular formula is C19H24N4O2S. The molecule has 0 fully saturated rings. The van der Waals surface area contributed by atoms with Crippen LogP contribution in [0, 0.1) is 0 Å². The Morgan fingerprint density at radius 2 is 1.92 bits per heavy atom. The highest BCUT2D eigenvalue weighted by Crippen LogP contribution is 2.28. The van der Waals surface area contributed by atoms with E-state index in [1.807, 2.05) is 46.5 Å². The maximum atomic E-state index is 12.7. The Morgan fingerprint density at radius 3 is 2.69 bits per heavy atom.